The highest BCUT2D eigenvalue weighted by atomic mass is 16.5. The van der Waals surface area contributed by atoms with Crippen LogP contribution in [0, 0.1) is 0 Å². The highest BCUT2D eigenvalue weighted by Crippen LogP contribution is 2.29. The van der Waals surface area contributed by atoms with Gasteiger partial charge in [-0.05, 0) is 73.8 Å². The van der Waals surface area contributed by atoms with Crippen molar-refractivity contribution in [2.45, 2.75) is 0 Å². The first-order valence-electron chi connectivity index (χ1n) is 10.9. The van der Waals surface area contributed by atoms with Gasteiger partial charge in [0.2, 0.25) is 0 Å². The number of anilines is 1. The third-order valence-corrected chi connectivity index (χ3v) is 5.25. The van der Waals surface area contributed by atoms with E-state index in [0.29, 0.717) is 23.6 Å². The van der Waals surface area contributed by atoms with Crippen LogP contribution in [0.3, 0.4) is 0 Å². The Morgan fingerprint density at radius 1 is 1.00 bits per heavy atom. The SMILES string of the molecule is COc1ccc(NC(=O)c2ccc(-c3ccc(-n4cncn4)cc3)cc2OCCN(C)C)cc1. The zero-order chi connectivity index (χ0) is 23.9. The number of rotatable bonds is 9. The van der Waals surface area contributed by atoms with Gasteiger partial charge in [0.25, 0.3) is 5.91 Å². The second kappa shape index (κ2) is 10.6. The van der Waals surface area contributed by atoms with Crippen molar-refractivity contribution in [1.29, 1.82) is 0 Å². The van der Waals surface area contributed by atoms with E-state index in [1.54, 1.807) is 48.5 Å². The maximum absolute atomic E-state index is 13.1. The molecule has 0 spiro atoms. The quantitative estimate of drug-likeness (QED) is 0.407. The van der Waals surface area contributed by atoms with Crippen molar-refractivity contribution in [2.75, 3.05) is 39.7 Å². The third kappa shape index (κ3) is 5.60. The highest BCUT2D eigenvalue weighted by molar-refractivity contribution is 6.06. The molecule has 0 atom stereocenters. The molecule has 0 aliphatic carbocycles. The summed E-state index contributed by atoms with van der Waals surface area (Å²) in [6.45, 7) is 1.20. The topological polar surface area (TPSA) is 81.5 Å². The number of likely N-dealkylation sites (N-methyl/N-ethyl adjacent to an activating group) is 1. The molecule has 4 aromatic rings. The van der Waals surface area contributed by atoms with Crippen LogP contribution in [-0.4, -0.2) is 59.9 Å². The molecule has 0 fully saturated rings. The lowest BCUT2D eigenvalue weighted by Gasteiger charge is -2.16. The number of hydrogen-bond acceptors (Lipinski definition) is 6. The summed E-state index contributed by atoms with van der Waals surface area (Å²) in [4.78, 5) is 19.1. The van der Waals surface area contributed by atoms with Gasteiger partial charge in [-0.1, -0.05) is 18.2 Å². The van der Waals surface area contributed by atoms with Crippen LogP contribution in [0.1, 0.15) is 10.4 Å². The minimum atomic E-state index is -0.238. The molecule has 174 valence electrons. The van der Waals surface area contributed by atoms with E-state index in [1.165, 1.54) is 6.33 Å². The molecule has 0 saturated heterocycles. The van der Waals surface area contributed by atoms with Crippen molar-refractivity contribution < 1.29 is 14.3 Å². The van der Waals surface area contributed by atoms with Crippen LogP contribution < -0.4 is 14.8 Å². The zero-order valence-corrected chi connectivity index (χ0v) is 19.4. The number of ether oxygens (including phenoxy) is 2. The molecule has 0 unspecified atom stereocenters. The van der Waals surface area contributed by atoms with Gasteiger partial charge in [-0.25, -0.2) is 9.67 Å². The predicted molar refractivity (Wildman–Crippen MR) is 132 cm³/mol. The number of benzene rings is 3. The number of hydrogen-bond donors (Lipinski definition) is 1. The van der Waals surface area contributed by atoms with E-state index in [4.69, 9.17) is 9.47 Å². The summed E-state index contributed by atoms with van der Waals surface area (Å²) in [5.41, 5.74) is 4.02. The molecule has 8 nitrogen and oxygen atoms in total. The number of nitrogens with zero attached hydrogens (tertiary/aromatic N) is 4. The Hall–Kier alpha value is -4.17. The molecular weight excluding hydrogens is 430 g/mol. The number of methoxy groups -OCH3 is 1. The van der Waals surface area contributed by atoms with Crippen LogP contribution in [-0.2, 0) is 0 Å². The average molecular weight is 458 g/mol. The van der Waals surface area contributed by atoms with Crippen molar-refractivity contribution in [3.8, 4) is 28.3 Å². The molecule has 1 aromatic heterocycles. The summed E-state index contributed by atoms with van der Waals surface area (Å²) in [5, 5.41) is 7.09. The Morgan fingerprint density at radius 3 is 2.38 bits per heavy atom. The molecule has 0 aliphatic rings. The van der Waals surface area contributed by atoms with Crippen LogP contribution in [0.25, 0.3) is 16.8 Å². The first-order valence-corrected chi connectivity index (χ1v) is 10.9. The summed E-state index contributed by atoms with van der Waals surface area (Å²) in [6, 6.07) is 20.8. The van der Waals surface area contributed by atoms with E-state index in [9.17, 15) is 4.79 Å². The van der Waals surface area contributed by atoms with Gasteiger partial charge >= 0.3 is 0 Å². The Bertz CT molecular complexity index is 1220. The molecule has 1 heterocycles. The van der Waals surface area contributed by atoms with Crippen LogP contribution in [0.4, 0.5) is 5.69 Å². The number of carbonyl (C=O) groups excluding carboxylic acids is 1. The first kappa shape index (κ1) is 23.0. The van der Waals surface area contributed by atoms with Gasteiger partial charge < -0.3 is 19.7 Å². The number of carbonyl (C=O) groups is 1. The molecular formula is C26H27N5O3. The summed E-state index contributed by atoms with van der Waals surface area (Å²) in [7, 11) is 5.57. The molecule has 1 amide bonds. The van der Waals surface area contributed by atoms with Gasteiger partial charge in [-0.2, -0.15) is 5.10 Å². The summed E-state index contributed by atoms with van der Waals surface area (Å²) in [6.07, 6.45) is 3.16. The van der Waals surface area contributed by atoms with E-state index in [1.807, 2.05) is 55.4 Å². The van der Waals surface area contributed by atoms with E-state index in [0.717, 1.165) is 29.1 Å². The van der Waals surface area contributed by atoms with Crippen molar-refractivity contribution in [1.82, 2.24) is 19.7 Å². The van der Waals surface area contributed by atoms with Gasteiger partial charge in [0, 0.05) is 12.2 Å². The fourth-order valence-electron chi connectivity index (χ4n) is 3.37. The van der Waals surface area contributed by atoms with Gasteiger partial charge in [-0.3, -0.25) is 4.79 Å². The molecule has 0 aliphatic heterocycles. The zero-order valence-electron chi connectivity index (χ0n) is 19.4. The molecule has 0 saturated carbocycles. The fourth-order valence-corrected chi connectivity index (χ4v) is 3.37. The van der Waals surface area contributed by atoms with Gasteiger partial charge in [0.1, 0.15) is 30.8 Å². The highest BCUT2D eigenvalue weighted by Gasteiger charge is 2.15. The first-order chi connectivity index (χ1) is 16.5. The fraction of sp³-hybridized carbons (Fsp3) is 0.192. The lowest BCUT2D eigenvalue weighted by atomic mass is 10.0. The smallest absolute Gasteiger partial charge is 0.259 e. The van der Waals surface area contributed by atoms with Crippen LogP contribution in [0.15, 0.2) is 79.4 Å². The van der Waals surface area contributed by atoms with Crippen LogP contribution in [0.5, 0.6) is 11.5 Å². The van der Waals surface area contributed by atoms with Crippen molar-refractivity contribution in [2.24, 2.45) is 0 Å². The second-order valence-electron chi connectivity index (χ2n) is 7.93. The third-order valence-electron chi connectivity index (χ3n) is 5.25. The van der Waals surface area contributed by atoms with Gasteiger partial charge in [0.05, 0.1) is 18.4 Å². The van der Waals surface area contributed by atoms with Gasteiger partial charge in [0.15, 0.2) is 0 Å². The lowest BCUT2D eigenvalue weighted by molar-refractivity contribution is 0.102. The predicted octanol–water partition coefficient (Wildman–Crippen LogP) is 4.14. The van der Waals surface area contributed by atoms with E-state index in [-0.39, 0.29) is 5.91 Å². The summed E-state index contributed by atoms with van der Waals surface area (Å²) < 4.78 is 12.9. The Kier molecular flexibility index (Phi) is 7.19. The summed E-state index contributed by atoms with van der Waals surface area (Å²) >= 11 is 0. The van der Waals surface area contributed by atoms with Crippen molar-refractivity contribution in [3.05, 3.63) is 84.9 Å². The maximum atomic E-state index is 13.1. The summed E-state index contributed by atoms with van der Waals surface area (Å²) in [5.74, 6) is 1.02. The Labute approximate surface area is 198 Å². The van der Waals surface area contributed by atoms with Crippen molar-refractivity contribution in [3.63, 3.8) is 0 Å². The van der Waals surface area contributed by atoms with E-state index < -0.39 is 0 Å². The van der Waals surface area contributed by atoms with Crippen LogP contribution in [0.2, 0.25) is 0 Å². The van der Waals surface area contributed by atoms with E-state index >= 15 is 0 Å². The van der Waals surface area contributed by atoms with Crippen LogP contribution >= 0.6 is 0 Å². The molecule has 0 bridgehead atoms. The number of nitrogens with one attached hydrogen (secondary N) is 1. The minimum Gasteiger partial charge on any atom is -0.497 e. The van der Waals surface area contributed by atoms with Crippen molar-refractivity contribution >= 4 is 11.6 Å². The Balaban J connectivity index is 1.58. The molecule has 8 heteroatoms. The molecule has 34 heavy (non-hydrogen) atoms. The number of amides is 1. The largest absolute Gasteiger partial charge is 0.497 e. The monoisotopic (exact) mass is 457 g/mol. The second-order valence-corrected chi connectivity index (χ2v) is 7.93. The maximum Gasteiger partial charge on any atom is 0.259 e. The lowest BCUT2D eigenvalue weighted by Crippen LogP contribution is -2.21. The average Bonchev–Trinajstić information content (AvgIpc) is 3.39. The van der Waals surface area contributed by atoms with Gasteiger partial charge in [-0.15, -0.1) is 0 Å². The normalized spacial score (nSPS) is 10.8. The molecule has 1 N–H and O–H groups in total. The molecule has 4 rings (SSSR count). The van der Waals surface area contributed by atoms with E-state index in [2.05, 4.69) is 15.4 Å². The standard InChI is InChI=1S/C26H27N5O3/c1-30(2)14-15-34-25-16-20(19-4-9-22(10-5-19)31-18-27-17-28-31)6-13-24(25)26(32)29-21-7-11-23(33-3)12-8-21/h4-13,16-18H,14-15H2,1-3H3,(H,29,32). The molecule has 3 aromatic carbocycles. The number of aromatic nitrogens is 3. The Morgan fingerprint density at radius 2 is 1.74 bits per heavy atom. The minimum absolute atomic E-state index is 0.238. The molecule has 0 radical (unpaired) electrons.